The van der Waals surface area contributed by atoms with Gasteiger partial charge in [-0.3, -0.25) is 14.5 Å². The Balaban J connectivity index is 1.22. The summed E-state index contributed by atoms with van der Waals surface area (Å²) in [5.74, 6) is 0.194. The van der Waals surface area contributed by atoms with E-state index in [1.165, 1.54) is 17.3 Å². The van der Waals surface area contributed by atoms with Gasteiger partial charge in [-0.2, -0.15) is 0 Å². The summed E-state index contributed by atoms with van der Waals surface area (Å²) in [4.78, 5) is 31.7. The Bertz CT molecular complexity index is 1340. The third-order valence-electron chi connectivity index (χ3n) is 7.21. The number of likely N-dealkylation sites (N-methyl/N-ethyl adjacent to an activating group) is 1. The van der Waals surface area contributed by atoms with Gasteiger partial charge < -0.3 is 10.2 Å². The van der Waals surface area contributed by atoms with Gasteiger partial charge in [-0.05, 0) is 67.3 Å². The van der Waals surface area contributed by atoms with Crippen LogP contribution in [0.15, 0.2) is 82.6 Å². The van der Waals surface area contributed by atoms with Crippen LogP contribution in [0.2, 0.25) is 5.02 Å². The van der Waals surface area contributed by atoms with E-state index in [1.54, 1.807) is 24.1 Å². The first-order chi connectivity index (χ1) is 17.9. The fraction of sp³-hybridized carbons (Fsp3) is 0.267. The van der Waals surface area contributed by atoms with Crippen LogP contribution in [-0.4, -0.2) is 43.4 Å². The first kappa shape index (κ1) is 25.6. The molecule has 37 heavy (non-hydrogen) atoms. The van der Waals surface area contributed by atoms with E-state index in [2.05, 4.69) is 41.4 Å². The third kappa shape index (κ3) is 5.61. The Morgan fingerprint density at radius 1 is 1.14 bits per heavy atom. The zero-order chi connectivity index (χ0) is 25.9. The number of amides is 2. The Morgan fingerprint density at radius 2 is 1.89 bits per heavy atom. The molecule has 0 aliphatic carbocycles. The molecular weight excluding hydrogens is 502 g/mol. The molecule has 190 valence electrons. The maximum atomic E-state index is 13.1. The molecule has 2 aliphatic heterocycles. The Hall–Kier alpha value is -3.06. The van der Waals surface area contributed by atoms with Gasteiger partial charge in [0, 0.05) is 41.7 Å². The van der Waals surface area contributed by atoms with Crippen LogP contribution < -0.4 is 10.2 Å². The van der Waals surface area contributed by atoms with Crippen molar-refractivity contribution in [2.45, 2.75) is 24.3 Å². The van der Waals surface area contributed by atoms with Crippen LogP contribution in [-0.2, 0) is 4.79 Å². The highest BCUT2D eigenvalue weighted by molar-refractivity contribution is 8.04. The second-order valence-corrected chi connectivity index (χ2v) is 11.1. The number of halogens is 1. The van der Waals surface area contributed by atoms with Crippen LogP contribution in [0.1, 0.15) is 40.9 Å². The third-order valence-corrected chi connectivity index (χ3v) is 8.63. The fourth-order valence-corrected chi connectivity index (χ4v) is 6.20. The van der Waals surface area contributed by atoms with Gasteiger partial charge in [0.25, 0.3) is 11.8 Å². The molecule has 1 fully saturated rings. The molecule has 2 atom stereocenters. The van der Waals surface area contributed by atoms with Gasteiger partial charge in [0.15, 0.2) is 0 Å². The minimum absolute atomic E-state index is 0.111. The number of thioether (sulfide) groups is 1. The van der Waals surface area contributed by atoms with Gasteiger partial charge in [-0.25, -0.2) is 0 Å². The minimum Gasteiger partial charge on any atom is -0.352 e. The molecule has 5 nitrogen and oxygen atoms in total. The standard InChI is InChI=1S/C30H30ClN3O2S/c1-20(22-8-4-3-5-9-22)34-15-14-21(19-34)18-32-29(35)24-12-13-27-26(16-24)33(2)30(36)28(37-27)17-23-10-6-7-11-25(23)31/h3-13,16-17,20-21H,14-15,18-19H2,1-2H3,(H,32,35)/b28-17+/t20-,21-/m0/s1. The number of benzene rings is 3. The lowest BCUT2D eigenvalue weighted by Crippen LogP contribution is -2.33. The van der Waals surface area contributed by atoms with Crippen molar-refractivity contribution in [3.8, 4) is 0 Å². The number of hydrogen-bond acceptors (Lipinski definition) is 4. The van der Waals surface area contributed by atoms with E-state index in [1.807, 2.05) is 42.5 Å². The molecular formula is C30H30ClN3O2S. The molecule has 3 aromatic rings. The normalized spacial score (nSPS) is 19.6. The molecule has 0 saturated carbocycles. The van der Waals surface area contributed by atoms with Gasteiger partial charge in [-0.15, -0.1) is 0 Å². The van der Waals surface area contributed by atoms with Crippen molar-refractivity contribution in [1.82, 2.24) is 10.2 Å². The van der Waals surface area contributed by atoms with Crippen molar-refractivity contribution in [3.63, 3.8) is 0 Å². The molecule has 3 aromatic carbocycles. The number of carbonyl (C=O) groups is 2. The molecule has 1 saturated heterocycles. The highest BCUT2D eigenvalue weighted by Gasteiger charge is 2.29. The van der Waals surface area contributed by atoms with E-state index in [4.69, 9.17) is 11.6 Å². The van der Waals surface area contributed by atoms with Crippen LogP contribution in [0, 0.1) is 5.92 Å². The molecule has 0 spiro atoms. The van der Waals surface area contributed by atoms with E-state index in [0.29, 0.717) is 34.0 Å². The van der Waals surface area contributed by atoms with Gasteiger partial charge in [0.05, 0.1) is 10.6 Å². The molecule has 7 heteroatoms. The summed E-state index contributed by atoms with van der Waals surface area (Å²) >= 11 is 7.69. The van der Waals surface area contributed by atoms with Gasteiger partial charge in [-0.1, -0.05) is 71.9 Å². The average Bonchev–Trinajstić information content (AvgIpc) is 3.40. The smallest absolute Gasteiger partial charge is 0.264 e. The molecule has 1 N–H and O–H groups in total. The summed E-state index contributed by atoms with van der Waals surface area (Å²) in [6.45, 7) is 4.88. The lowest BCUT2D eigenvalue weighted by molar-refractivity contribution is -0.114. The van der Waals surface area contributed by atoms with Crippen molar-refractivity contribution < 1.29 is 9.59 Å². The lowest BCUT2D eigenvalue weighted by Gasteiger charge is -2.27. The molecule has 0 radical (unpaired) electrons. The number of nitrogens with zero attached hydrogens (tertiary/aromatic N) is 2. The highest BCUT2D eigenvalue weighted by Crippen LogP contribution is 2.42. The number of rotatable bonds is 6. The molecule has 2 amide bonds. The van der Waals surface area contributed by atoms with E-state index in [9.17, 15) is 9.59 Å². The quantitative estimate of drug-likeness (QED) is 0.381. The van der Waals surface area contributed by atoms with Crippen LogP contribution in [0.25, 0.3) is 6.08 Å². The zero-order valence-corrected chi connectivity index (χ0v) is 22.6. The predicted molar refractivity (Wildman–Crippen MR) is 152 cm³/mol. The zero-order valence-electron chi connectivity index (χ0n) is 21.0. The summed E-state index contributed by atoms with van der Waals surface area (Å²) < 4.78 is 0. The van der Waals surface area contributed by atoms with Crippen molar-refractivity contribution in [2.75, 3.05) is 31.6 Å². The summed E-state index contributed by atoms with van der Waals surface area (Å²) in [6.07, 6.45) is 2.88. The molecule has 0 aromatic heterocycles. The van der Waals surface area contributed by atoms with E-state index in [0.717, 1.165) is 35.7 Å². The van der Waals surface area contributed by atoms with Crippen LogP contribution in [0.5, 0.6) is 0 Å². The van der Waals surface area contributed by atoms with E-state index in [-0.39, 0.29) is 11.8 Å². The number of hydrogen-bond donors (Lipinski definition) is 1. The average molecular weight is 532 g/mol. The highest BCUT2D eigenvalue weighted by atomic mass is 35.5. The van der Waals surface area contributed by atoms with Crippen molar-refractivity contribution in [3.05, 3.63) is 99.4 Å². The van der Waals surface area contributed by atoms with Gasteiger partial charge >= 0.3 is 0 Å². The Labute approximate surface area is 227 Å². The number of carbonyl (C=O) groups excluding carboxylic acids is 2. The van der Waals surface area contributed by atoms with Crippen LogP contribution >= 0.6 is 23.4 Å². The summed E-state index contributed by atoms with van der Waals surface area (Å²) in [7, 11) is 1.74. The summed E-state index contributed by atoms with van der Waals surface area (Å²) in [5, 5.41) is 3.72. The number of likely N-dealkylation sites (tertiary alicyclic amines) is 1. The second-order valence-electron chi connectivity index (χ2n) is 9.63. The monoisotopic (exact) mass is 531 g/mol. The minimum atomic E-state index is -0.117. The lowest BCUT2D eigenvalue weighted by atomic mass is 10.1. The van der Waals surface area contributed by atoms with Crippen LogP contribution in [0.4, 0.5) is 5.69 Å². The Kier molecular flexibility index (Phi) is 7.70. The molecule has 0 unspecified atom stereocenters. The molecule has 2 aliphatic rings. The van der Waals surface area contributed by atoms with Crippen molar-refractivity contribution in [2.24, 2.45) is 5.92 Å². The van der Waals surface area contributed by atoms with E-state index < -0.39 is 0 Å². The summed E-state index contributed by atoms with van der Waals surface area (Å²) in [5.41, 5.74) is 3.42. The first-order valence-electron chi connectivity index (χ1n) is 12.5. The maximum Gasteiger partial charge on any atom is 0.264 e. The summed E-state index contributed by atoms with van der Waals surface area (Å²) in [6, 6.07) is 23.9. The van der Waals surface area contributed by atoms with Gasteiger partial charge in [0.2, 0.25) is 0 Å². The first-order valence-corrected chi connectivity index (χ1v) is 13.7. The molecule has 2 heterocycles. The largest absolute Gasteiger partial charge is 0.352 e. The topological polar surface area (TPSA) is 52.7 Å². The molecule has 5 rings (SSSR count). The second kappa shape index (κ2) is 11.1. The number of anilines is 1. The maximum absolute atomic E-state index is 13.1. The molecule has 0 bridgehead atoms. The van der Waals surface area contributed by atoms with E-state index >= 15 is 0 Å². The number of fused-ring (bicyclic) bond motifs is 1. The van der Waals surface area contributed by atoms with Crippen LogP contribution in [0.3, 0.4) is 0 Å². The number of nitrogens with one attached hydrogen (secondary N) is 1. The predicted octanol–water partition coefficient (Wildman–Crippen LogP) is 6.26. The van der Waals surface area contributed by atoms with Gasteiger partial charge in [0.1, 0.15) is 0 Å². The fourth-order valence-electron chi connectivity index (χ4n) is 4.93. The van der Waals surface area contributed by atoms with Crippen molar-refractivity contribution >= 4 is 46.9 Å². The van der Waals surface area contributed by atoms with Crippen molar-refractivity contribution in [1.29, 1.82) is 0 Å². The SMILES string of the molecule is C[C@@H](c1ccccc1)N1CC[C@@H](CNC(=O)c2ccc3c(c2)N(C)C(=O)/C(=C\c2ccccc2Cl)S3)C1. The Morgan fingerprint density at radius 3 is 2.68 bits per heavy atom.